The number of allylic oxidation sites excluding steroid dienone is 2. The minimum atomic E-state index is -0.457. The summed E-state index contributed by atoms with van der Waals surface area (Å²) in [6.07, 6.45) is 5.80. The molecule has 2 aliphatic rings. The molecule has 1 amide bonds. The van der Waals surface area contributed by atoms with E-state index in [0.717, 1.165) is 45.8 Å². The van der Waals surface area contributed by atoms with Gasteiger partial charge in [0, 0.05) is 46.7 Å². The smallest absolute Gasteiger partial charge is 0.275 e. The third kappa shape index (κ3) is 6.54. The molecule has 2 aromatic carbocycles. The van der Waals surface area contributed by atoms with E-state index < -0.39 is 5.54 Å². The van der Waals surface area contributed by atoms with Crippen LogP contribution in [0.3, 0.4) is 0 Å². The Kier molecular flexibility index (Phi) is 10.4. The first-order valence-electron chi connectivity index (χ1n) is 14.9. The maximum Gasteiger partial charge on any atom is 0.275 e. The molecule has 1 aliphatic heterocycles. The number of hydrogen-bond donors (Lipinski definition) is 0. The Labute approximate surface area is 265 Å². The predicted octanol–water partition coefficient (Wildman–Crippen LogP) is 8.06. The lowest BCUT2D eigenvalue weighted by molar-refractivity contribution is -0.0373. The monoisotopic (exact) mass is 624 g/mol. The molecule has 3 aromatic rings. The molecule has 1 aliphatic carbocycles. The Morgan fingerprint density at radius 3 is 2.49 bits per heavy atom. The summed E-state index contributed by atoms with van der Waals surface area (Å²) in [7, 11) is 3.46. The van der Waals surface area contributed by atoms with Crippen molar-refractivity contribution in [3.63, 3.8) is 0 Å². The normalized spacial score (nSPS) is 16.4. The van der Waals surface area contributed by atoms with Crippen LogP contribution in [0.1, 0.15) is 75.1 Å². The zero-order chi connectivity index (χ0) is 31.5. The van der Waals surface area contributed by atoms with Crippen molar-refractivity contribution in [2.24, 2.45) is 10.9 Å². The fourth-order valence-electron chi connectivity index (χ4n) is 5.50. The largest absolute Gasteiger partial charge is 0.496 e. The summed E-state index contributed by atoms with van der Waals surface area (Å²) < 4.78 is 13.3. The number of carbonyl (C=O) groups excluding carboxylic acids is 1. The lowest BCUT2D eigenvalue weighted by Gasteiger charge is -2.41. The van der Waals surface area contributed by atoms with Gasteiger partial charge < -0.3 is 14.4 Å². The molecular formula is C34H42Cl2N4O3. The zero-order valence-electron chi connectivity index (χ0n) is 26.4. The van der Waals surface area contributed by atoms with Crippen molar-refractivity contribution in [1.82, 2.24) is 14.7 Å². The van der Waals surface area contributed by atoms with Gasteiger partial charge in [0.15, 0.2) is 5.69 Å². The number of aliphatic imine (C=N–C) groups is 1. The third-order valence-corrected chi connectivity index (χ3v) is 8.40. The standard InChI is InChI=1S/C32H36Cl2N4O3.C2H6/c1-7-19(2)8-9-27(35-5)25-17-24-20(13-28(25)40-6)12-26-29(31(39)37-10-11-41-18-32(37,3)4)36-38(30(24)26)23-15-21(33)14-22(34)16-23;1-2/h8-9,13-17,19H,7,10-12,18H2,1-6H3;1-2H3/b9-8-,35-27?;. The van der Waals surface area contributed by atoms with Crippen molar-refractivity contribution < 1.29 is 14.3 Å². The van der Waals surface area contributed by atoms with Gasteiger partial charge in [0.1, 0.15) is 5.75 Å². The molecule has 0 saturated carbocycles. The van der Waals surface area contributed by atoms with Crippen LogP contribution in [-0.4, -0.2) is 65.8 Å². The van der Waals surface area contributed by atoms with Gasteiger partial charge in [-0.15, -0.1) is 0 Å². The van der Waals surface area contributed by atoms with E-state index in [1.54, 1.807) is 24.9 Å². The van der Waals surface area contributed by atoms with Crippen LogP contribution in [0.2, 0.25) is 10.0 Å². The van der Waals surface area contributed by atoms with Gasteiger partial charge in [0.05, 0.1) is 43.0 Å². The molecule has 2 heterocycles. The van der Waals surface area contributed by atoms with Crippen molar-refractivity contribution in [3.8, 4) is 22.7 Å². The van der Waals surface area contributed by atoms with E-state index in [4.69, 9.17) is 37.8 Å². The molecule has 0 spiro atoms. The number of methoxy groups -OCH3 is 1. The van der Waals surface area contributed by atoms with E-state index in [1.807, 2.05) is 44.7 Å². The quantitative estimate of drug-likeness (QED) is 0.195. The van der Waals surface area contributed by atoms with E-state index in [2.05, 4.69) is 43.1 Å². The molecule has 1 unspecified atom stereocenters. The first-order chi connectivity index (χ1) is 20.6. The molecule has 9 heteroatoms. The second-order valence-electron chi connectivity index (χ2n) is 11.3. The molecule has 230 valence electrons. The highest BCUT2D eigenvalue weighted by Crippen LogP contribution is 2.44. The van der Waals surface area contributed by atoms with E-state index in [0.29, 0.717) is 53.5 Å². The average Bonchev–Trinajstić information content (AvgIpc) is 3.54. The van der Waals surface area contributed by atoms with Crippen molar-refractivity contribution in [1.29, 1.82) is 0 Å². The highest BCUT2D eigenvalue weighted by atomic mass is 35.5. The summed E-state index contributed by atoms with van der Waals surface area (Å²) >= 11 is 12.8. The second kappa shape index (κ2) is 13.7. The number of morpholine rings is 1. The number of halogens is 2. The lowest BCUT2D eigenvalue weighted by atomic mass is 9.99. The van der Waals surface area contributed by atoms with Gasteiger partial charge in [-0.25, -0.2) is 4.68 Å². The number of nitrogens with zero attached hydrogens (tertiary/aromatic N) is 4. The number of amides is 1. The molecule has 5 rings (SSSR count). The fourth-order valence-corrected chi connectivity index (χ4v) is 6.02. The molecule has 1 aromatic heterocycles. The Balaban J connectivity index is 0.00000207. The van der Waals surface area contributed by atoms with Crippen LogP contribution in [0, 0.1) is 5.92 Å². The number of aromatic nitrogens is 2. The SMILES string of the molecule is CC.CCC(C)/C=C\C(=NC)c1cc2c(cc1OC)Cc1c(C(=O)N3CCOCC3(C)C)nn(-c3cc(Cl)cc(Cl)c3)c1-2. The van der Waals surface area contributed by atoms with Gasteiger partial charge in [0.25, 0.3) is 5.91 Å². The number of rotatable bonds is 7. The molecule has 1 saturated heterocycles. The van der Waals surface area contributed by atoms with Crippen molar-refractivity contribution >= 4 is 34.8 Å². The van der Waals surface area contributed by atoms with Crippen LogP contribution in [0.25, 0.3) is 16.9 Å². The molecule has 1 atom stereocenters. The van der Waals surface area contributed by atoms with Crippen LogP contribution in [0.15, 0.2) is 47.5 Å². The van der Waals surface area contributed by atoms with Gasteiger partial charge in [-0.05, 0) is 61.7 Å². The van der Waals surface area contributed by atoms with Crippen LogP contribution >= 0.6 is 23.2 Å². The molecular weight excluding hydrogens is 583 g/mol. The Morgan fingerprint density at radius 2 is 1.88 bits per heavy atom. The van der Waals surface area contributed by atoms with Crippen LogP contribution in [0.4, 0.5) is 0 Å². The molecule has 7 nitrogen and oxygen atoms in total. The first-order valence-corrected chi connectivity index (χ1v) is 15.7. The Morgan fingerprint density at radius 1 is 1.19 bits per heavy atom. The summed E-state index contributed by atoms with van der Waals surface area (Å²) in [5, 5.41) is 5.90. The summed E-state index contributed by atoms with van der Waals surface area (Å²) in [6, 6.07) is 9.45. The molecule has 0 N–H and O–H groups in total. The second-order valence-corrected chi connectivity index (χ2v) is 12.1. The predicted molar refractivity (Wildman–Crippen MR) is 177 cm³/mol. The number of hydrogen-bond acceptors (Lipinski definition) is 5. The van der Waals surface area contributed by atoms with Gasteiger partial charge in [0.2, 0.25) is 0 Å². The fraction of sp³-hybridized carbons (Fsp3) is 0.441. The minimum absolute atomic E-state index is 0.117. The van der Waals surface area contributed by atoms with E-state index in [-0.39, 0.29) is 5.91 Å². The Hall–Kier alpha value is -3.13. The van der Waals surface area contributed by atoms with Crippen molar-refractivity contribution in [3.05, 3.63) is 74.9 Å². The maximum absolute atomic E-state index is 14.1. The van der Waals surface area contributed by atoms with Gasteiger partial charge in [-0.1, -0.05) is 63.4 Å². The van der Waals surface area contributed by atoms with Crippen molar-refractivity contribution in [2.75, 3.05) is 33.9 Å². The maximum atomic E-state index is 14.1. The highest BCUT2D eigenvalue weighted by Gasteiger charge is 2.39. The number of carbonyl (C=O) groups is 1. The summed E-state index contributed by atoms with van der Waals surface area (Å²) in [6.45, 7) is 13.8. The lowest BCUT2D eigenvalue weighted by Crippen LogP contribution is -2.55. The van der Waals surface area contributed by atoms with Crippen molar-refractivity contribution in [2.45, 2.75) is 59.9 Å². The number of fused-ring (bicyclic) bond motifs is 3. The van der Waals surface area contributed by atoms with Gasteiger partial charge in [-0.3, -0.25) is 9.79 Å². The third-order valence-electron chi connectivity index (χ3n) is 7.96. The number of ether oxygens (including phenoxy) is 2. The Bertz CT molecular complexity index is 1540. The average molecular weight is 626 g/mol. The minimum Gasteiger partial charge on any atom is -0.496 e. The highest BCUT2D eigenvalue weighted by molar-refractivity contribution is 6.34. The van der Waals surface area contributed by atoms with Gasteiger partial charge >= 0.3 is 0 Å². The molecule has 0 bridgehead atoms. The molecule has 43 heavy (non-hydrogen) atoms. The zero-order valence-corrected chi connectivity index (χ0v) is 27.9. The summed E-state index contributed by atoms with van der Waals surface area (Å²) in [5.74, 6) is 1.04. The van der Waals surface area contributed by atoms with Crippen LogP contribution in [-0.2, 0) is 11.2 Å². The van der Waals surface area contributed by atoms with E-state index in [1.165, 1.54) is 0 Å². The van der Waals surface area contributed by atoms with Crippen LogP contribution in [0.5, 0.6) is 5.75 Å². The van der Waals surface area contributed by atoms with E-state index >= 15 is 0 Å². The first kappa shape index (κ1) is 32.8. The van der Waals surface area contributed by atoms with Gasteiger partial charge in [-0.2, -0.15) is 5.10 Å². The topological polar surface area (TPSA) is 68.9 Å². The van der Waals surface area contributed by atoms with E-state index in [9.17, 15) is 4.79 Å². The van der Waals surface area contributed by atoms with Crippen LogP contribution < -0.4 is 4.74 Å². The number of benzene rings is 2. The molecule has 0 radical (unpaired) electrons. The summed E-state index contributed by atoms with van der Waals surface area (Å²) in [4.78, 5) is 20.6. The molecule has 1 fully saturated rings. The summed E-state index contributed by atoms with van der Waals surface area (Å²) in [5.41, 5.74) is 6.08.